The normalized spacial score (nSPS) is 15.7. The van der Waals surface area contributed by atoms with Crippen molar-refractivity contribution in [1.82, 2.24) is 23.9 Å². The van der Waals surface area contributed by atoms with Gasteiger partial charge in [-0.2, -0.15) is 0 Å². The quantitative estimate of drug-likeness (QED) is 0.450. The van der Waals surface area contributed by atoms with E-state index in [4.69, 9.17) is 5.73 Å². The highest BCUT2D eigenvalue weighted by molar-refractivity contribution is 5.93. The molecule has 1 aromatic carbocycles. The second-order valence-electron chi connectivity index (χ2n) is 10.2. The summed E-state index contributed by atoms with van der Waals surface area (Å²) in [5, 5.41) is 0.945. The van der Waals surface area contributed by atoms with E-state index < -0.39 is 0 Å². The van der Waals surface area contributed by atoms with E-state index in [1.807, 2.05) is 25.2 Å². The van der Waals surface area contributed by atoms with Crippen molar-refractivity contribution in [3.63, 3.8) is 0 Å². The highest BCUT2D eigenvalue weighted by atomic mass is 16.2. The van der Waals surface area contributed by atoms with Crippen LogP contribution >= 0.6 is 0 Å². The number of aromatic nitrogens is 3. The standard InChI is InChI=1S/C29H34N6O2/c1-19(34-14-10-21(11-15-34)20-5-7-22(8-6-20)29(37)32(2)3)26-18-24-25(9-13-31-28(24)33(26)4)35-16-12-23(30)17-27(35)36/h5-9,12-13,16-19,21H,10-11,14-15,30H2,1-4H3/t19-/m0/s1. The van der Waals surface area contributed by atoms with Crippen LogP contribution in [0.25, 0.3) is 16.7 Å². The maximum absolute atomic E-state index is 12.6. The summed E-state index contributed by atoms with van der Waals surface area (Å²) in [5.41, 5.74) is 10.9. The number of benzene rings is 1. The molecule has 192 valence electrons. The number of piperidine rings is 1. The van der Waals surface area contributed by atoms with Gasteiger partial charge in [0.1, 0.15) is 5.65 Å². The molecular formula is C29H34N6O2. The van der Waals surface area contributed by atoms with Gasteiger partial charge in [0.15, 0.2) is 0 Å². The van der Waals surface area contributed by atoms with Crippen LogP contribution in [-0.4, -0.2) is 57.0 Å². The minimum Gasteiger partial charge on any atom is -0.399 e. The Bertz CT molecular complexity index is 1490. The molecule has 5 rings (SSSR count). The van der Waals surface area contributed by atoms with Gasteiger partial charge in [-0.15, -0.1) is 0 Å². The number of anilines is 1. The first-order valence-corrected chi connectivity index (χ1v) is 12.7. The highest BCUT2D eigenvalue weighted by Gasteiger charge is 2.27. The van der Waals surface area contributed by atoms with Gasteiger partial charge in [0.25, 0.3) is 11.5 Å². The van der Waals surface area contributed by atoms with Gasteiger partial charge in [0, 0.05) is 68.0 Å². The third-order valence-electron chi connectivity index (χ3n) is 7.69. The molecule has 8 heteroatoms. The summed E-state index contributed by atoms with van der Waals surface area (Å²) in [7, 11) is 5.59. The Hall–Kier alpha value is -3.91. The topological polar surface area (TPSA) is 89.4 Å². The van der Waals surface area contributed by atoms with Crippen LogP contribution in [0.5, 0.6) is 0 Å². The van der Waals surface area contributed by atoms with Crippen molar-refractivity contribution in [2.75, 3.05) is 32.9 Å². The Morgan fingerprint density at radius 2 is 1.78 bits per heavy atom. The number of hydrogen-bond donors (Lipinski definition) is 1. The first-order chi connectivity index (χ1) is 17.7. The van der Waals surface area contributed by atoms with E-state index >= 15 is 0 Å². The lowest BCUT2D eigenvalue weighted by Gasteiger charge is -2.36. The molecule has 1 amide bonds. The molecule has 1 atom stereocenters. The molecule has 1 saturated heterocycles. The van der Waals surface area contributed by atoms with Crippen LogP contribution in [0.2, 0.25) is 0 Å². The van der Waals surface area contributed by atoms with Crippen molar-refractivity contribution < 1.29 is 4.79 Å². The van der Waals surface area contributed by atoms with Gasteiger partial charge in [0.2, 0.25) is 0 Å². The number of aryl methyl sites for hydroxylation is 1. The maximum Gasteiger partial charge on any atom is 0.257 e. The number of nitrogen functional groups attached to an aromatic ring is 1. The molecule has 0 bridgehead atoms. The molecule has 1 aliphatic rings. The van der Waals surface area contributed by atoms with Gasteiger partial charge in [-0.05, 0) is 74.7 Å². The van der Waals surface area contributed by atoms with Gasteiger partial charge in [-0.25, -0.2) is 4.98 Å². The number of hydrogen-bond acceptors (Lipinski definition) is 5. The van der Waals surface area contributed by atoms with E-state index in [0.717, 1.165) is 48.2 Å². The van der Waals surface area contributed by atoms with Crippen molar-refractivity contribution >= 4 is 22.6 Å². The van der Waals surface area contributed by atoms with Crippen LogP contribution in [0.4, 0.5) is 5.69 Å². The highest BCUT2D eigenvalue weighted by Crippen LogP contribution is 2.34. The first kappa shape index (κ1) is 24.8. The lowest BCUT2D eigenvalue weighted by Crippen LogP contribution is -2.35. The third kappa shape index (κ3) is 4.64. The fraction of sp³-hybridized carbons (Fsp3) is 0.345. The van der Waals surface area contributed by atoms with Gasteiger partial charge < -0.3 is 15.2 Å². The van der Waals surface area contributed by atoms with E-state index in [1.54, 1.807) is 42.0 Å². The van der Waals surface area contributed by atoms with Gasteiger partial charge in [0.05, 0.1) is 5.69 Å². The second-order valence-corrected chi connectivity index (χ2v) is 10.2. The Balaban J connectivity index is 1.34. The maximum atomic E-state index is 12.6. The lowest BCUT2D eigenvalue weighted by atomic mass is 9.88. The van der Waals surface area contributed by atoms with Crippen molar-refractivity contribution in [2.24, 2.45) is 7.05 Å². The fourth-order valence-electron chi connectivity index (χ4n) is 5.49. The molecule has 2 N–H and O–H groups in total. The predicted molar refractivity (Wildman–Crippen MR) is 147 cm³/mol. The van der Waals surface area contributed by atoms with E-state index in [-0.39, 0.29) is 17.5 Å². The van der Waals surface area contributed by atoms with E-state index in [9.17, 15) is 9.59 Å². The SMILES string of the molecule is C[C@@H](c1cc2c(-n3ccc(N)cc3=O)ccnc2n1C)N1CCC(c2ccc(C(=O)N(C)C)cc2)CC1. The van der Waals surface area contributed by atoms with E-state index in [2.05, 4.69) is 39.6 Å². The monoisotopic (exact) mass is 498 g/mol. The molecule has 4 heterocycles. The second kappa shape index (κ2) is 9.86. The summed E-state index contributed by atoms with van der Waals surface area (Å²) in [6.07, 6.45) is 5.60. The summed E-state index contributed by atoms with van der Waals surface area (Å²) in [6.45, 7) is 4.22. The predicted octanol–water partition coefficient (Wildman–Crippen LogP) is 3.95. The van der Waals surface area contributed by atoms with E-state index in [1.165, 1.54) is 17.3 Å². The Morgan fingerprint density at radius 1 is 1.08 bits per heavy atom. The Kier molecular flexibility index (Phi) is 6.60. The number of fused-ring (bicyclic) bond motifs is 1. The molecule has 0 unspecified atom stereocenters. The Morgan fingerprint density at radius 3 is 2.43 bits per heavy atom. The number of nitrogens with two attached hydrogens (primary N) is 1. The van der Waals surface area contributed by atoms with Crippen LogP contribution in [0.3, 0.4) is 0 Å². The third-order valence-corrected chi connectivity index (χ3v) is 7.69. The zero-order valence-corrected chi connectivity index (χ0v) is 21.9. The number of pyridine rings is 2. The lowest BCUT2D eigenvalue weighted by molar-refractivity contribution is 0.0827. The van der Waals surface area contributed by atoms with Crippen molar-refractivity contribution in [3.05, 3.63) is 88.1 Å². The minimum atomic E-state index is -0.160. The largest absolute Gasteiger partial charge is 0.399 e. The van der Waals surface area contributed by atoms with E-state index in [0.29, 0.717) is 11.6 Å². The number of likely N-dealkylation sites (tertiary alicyclic amines) is 1. The molecule has 3 aromatic heterocycles. The smallest absolute Gasteiger partial charge is 0.257 e. The summed E-state index contributed by atoms with van der Waals surface area (Å²) in [5.74, 6) is 0.522. The molecule has 37 heavy (non-hydrogen) atoms. The van der Waals surface area contributed by atoms with Crippen molar-refractivity contribution in [2.45, 2.75) is 31.7 Å². The average Bonchev–Trinajstić information content (AvgIpc) is 3.24. The van der Waals surface area contributed by atoms with Crippen LogP contribution < -0.4 is 11.3 Å². The number of carbonyl (C=O) groups is 1. The summed E-state index contributed by atoms with van der Waals surface area (Å²) >= 11 is 0. The molecular weight excluding hydrogens is 464 g/mol. The molecule has 4 aromatic rings. The number of carbonyl (C=O) groups excluding carboxylic acids is 1. The summed E-state index contributed by atoms with van der Waals surface area (Å²) in [4.78, 5) is 33.6. The summed E-state index contributed by atoms with van der Waals surface area (Å²) < 4.78 is 3.76. The number of rotatable bonds is 5. The van der Waals surface area contributed by atoms with Gasteiger partial charge >= 0.3 is 0 Å². The minimum absolute atomic E-state index is 0.0315. The van der Waals surface area contributed by atoms with Gasteiger partial charge in [-0.1, -0.05) is 12.1 Å². The number of amides is 1. The van der Waals surface area contributed by atoms with Gasteiger partial charge in [-0.3, -0.25) is 19.1 Å². The van der Waals surface area contributed by atoms with Crippen LogP contribution in [0.1, 0.15) is 53.3 Å². The fourth-order valence-corrected chi connectivity index (χ4v) is 5.49. The Labute approximate surface area is 216 Å². The van der Waals surface area contributed by atoms with Crippen molar-refractivity contribution in [1.29, 1.82) is 0 Å². The average molecular weight is 499 g/mol. The molecule has 0 saturated carbocycles. The van der Waals surface area contributed by atoms with Crippen LogP contribution in [0, 0.1) is 0 Å². The van der Waals surface area contributed by atoms with Crippen LogP contribution in [0.15, 0.2) is 65.7 Å². The number of nitrogens with zero attached hydrogens (tertiary/aromatic N) is 5. The summed E-state index contributed by atoms with van der Waals surface area (Å²) in [6, 6.07) is 15.5. The molecule has 8 nitrogen and oxygen atoms in total. The van der Waals surface area contributed by atoms with Crippen LogP contribution in [-0.2, 0) is 7.05 Å². The molecule has 1 fully saturated rings. The molecule has 0 aliphatic carbocycles. The zero-order valence-electron chi connectivity index (χ0n) is 21.9. The molecule has 1 aliphatic heterocycles. The first-order valence-electron chi connectivity index (χ1n) is 12.7. The molecule has 0 radical (unpaired) electrons. The molecule has 0 spiro atoms. The van der Waals surface area contributed by atoms with Crippen molar-refractivity contribution in [3.8, 4) is 5.69 Å². The zero-order chi connectivity index (χ0) is 26.3.